The SMILES string of the molecule is Cc1cc(C)c(-c2cccc(-c3ccccc3C)[n+]2C)c(C)n1. The first-order valence-electron chi connectivity index (χ1n) is 7.99. The summed E-state index contributed by atoms with van der Waals surface area (Å²) in [6.45, 7) is 8.46. The predicted octanol–water partition coefficient (Wildman–Crippen LogP) is 4.47. The van der Waals surface area contributed by atoms with Crippen molar-refractivity contribution in [1.82, 2.24) is 4.98 Å². The van der Waals surface area contributed by atoms with Gasteiger partial charge in [-0.2, -0.15) is 4.57 Å². The van der Waals surface area contributed by atoms with E-state index in [1.54, 1.807) is 0 Å². The van der Waals surface area contributed by atoms with E-state index < -0.39 is 0 Å². The Balaban J connectivity index is 2.25. The van der Waals surface area contributed by atoms with Crippen LogP contribution in [0.1, 0.15) is 22.5 Å². The molecule has 0 bridgehead atoms. The van der Waals surface area contributed by atoms with Crippen LogP contribution < -0.4 is 4.57 Å². The van der Waals surface area contributed by atoms with Gasteiger partial charge in [0.15, 0.2) is 0 Å². The molecule has 0 N–H and O–H groups in total. The van der Waals surface area contributed by atoms with Gasteiger partial charge in [-0.05, 0) is 57.0 Å². The second-order valence-electron chi connectivity index (χ2n) is 6.21. The fourth-order valence-corrected chi connectivity index (χ4v) is 3.38. The number of hydrogen-bond acceptors (Lipinski definition) is 1. The number of nitrogens with zero attached hydrogens (tertiary/aromatic N) is 2. The molecule has 3 aromatic rings. The minimum absolute atomic E-state index is 1.07. The van der Waals surface area contributed by atoms with Crippen LogP contribution in [0.2, 0.25) is 0 Å². The molecule has 2 heteroatoms. The molecular formula is C21H23N2+. The van der Waals surface area contributed by atoms with Gasteiger partial charge in [0.25, 0.3) is 0 Å². The lowest BCUT2D eigenvalue weighted by Crippen LogP contribution is -2.34. The zero-order chi connectivity index (χ0) is 16.6. The first kappa shape index (κ1) is 15.4. The van der Waals surface area contributed by atoms with Crippen molar-refractivity contribution < 1.29 is 4.57 Å². The summed E-state index contributed by atoms with van der Waals surface area (Å²) in [6.07, 6.45) is 0. The molecule has 0 radical (unpaired) electrons. The van der Waals surface area contributed by atoms with Gasteiger partial charge in [0, 0.05) is 23.4 Å². The van der Waals surface area contributed by atoms with Crippen molar-refractivity contribution in [3.63, 3.8) is 0 Å². The maximum Gasteiger partial charge on any atom is 0.214 e. The summed E-state index contributed by atoms with van der Waals surface area (Å²) in [4.78, 5) is 4.66. The van der Waals surface area contributed by atoms with Crippen LogP contribution in [0.25, 0.3) is 22.5 Å². The molecule has 1 aromatic carbocycles. The van der Waals surface area contributed by atoms with E-state index in [0.29, 0.717) is 0 Å². The van der Waals surface area contributed by atoms with E-state index in [4.69, 9.17) is 0 Å². The van der Waals surface area contributed by atoms with E-state index in [1.165, 1.54) is 33.6 Å². The molecule has 0 aliphatic carbocycles. The Morgan fingerprint density at radius 3 is 2.17 bits per heavy atom. The summed E-state index contributed by atoms with van der Waals surface area (Å²) >= 11 is 0. The molecule has 0 fully saturated rings. The first-order chi connectivity index (χ1) is 11.0. The van der Waals surface area contributed by atoms with E-state index in [1.807, 2.05) is 6.92 Å². The van der Waals surface area contributed by atoms with Gasteiger partial charge >= 0.3 is 0 Å². The van der Waals surface area contributed by atoms with E-state index in [2.05, 4.69) is 85.9 Å². The van der Waals surface area contributed by atoms with E-state index in [0.717, 1.165) is 11.4 Å². The zero-order valence-electron chi connectivity index (χ0n) is 14.5. The fraction of sp³-hybridized carbons (Fsp3) is 0.238. The summed E-state index contributed by atoms with van der Waals surface area (Å²) in [6, 6.07) is 17.2. The van der Waals surface area contributed by atoms with Crippen molar-refractivity contribution in [2.75, 3.05) is 0 Å². The lowest BCUT2D eigenvalue weighted by molar-refractivity contribution is -0.649. The minimum Gasteiger partial charge on any atom is -0.258 e. The quantitative estimate of drug-likeness (QED) is 0.638. The highest BCUT2D eigenvalue weighted by Gasteiger charge is 2.20. The van der Waals surface area contributed by atoms with Crippen LogP contribution in [0.4, 0.5) is 0 Å². The lowest BCUT2D eigenvalue weighted by Gasteiger charge is -2.11. The highest BCUT2D eigenvalue weighted by atomic mass is 15.0. The molecule has 0 aliphatic rings. The van der Waals surface area contributed by atoms with Gasteiger partial charge in [-0.3, -0.25) is 4.98 Å². The summed E-state index contributed by atoms with van der Waals surface area (Å²) in [7, 11) is 2.13. The summed E-state index contributed by atoms with van der Waals surface area (Å²) in [5.41, 5.74) is 9.64. The average molecular weight is 303 g/mol. The second-order valence-corrected chi connectivity index (χ2v) is 6.21. The Morgan fingerprint density at radius 1 is 0.783 bits per heavy atom. The van der Waals surface area contributed by atoms with Crippen LogP contribution in [-0.2, 0) is 7.05 Å². The molecule has 116 valence electrons. The number of aromatic nitrogens is 2. The molecule has 0 amide bonds. The first-order valence-corrected chi connectivity index (χ1v) is 7.99. The van der Waals surface area contributed by atoms with Gasteiger partial charge in [-0.15, -0.1) is 0 Å². The standard InChI is InChI=1S/C21H23N2/c1-14-9-6-7-10-18(14)19-11-8-12-20(23(19)5)21-15(2)13-16(3)22-17(21)4/h6-13H,1-5H3/q+1. The van der Waals surface area contributed by atoms with Gasteiger partial charge in [0.1, 0.15) is 7.05 Å². The van der Waals surface area contributed by atoms with Crippen molar-refractivity contribution in [3.8, 4) is 22.5 Å². The van der Waals surface area contributed by atoms with Gasteiger partial charge in [0.05, 0.1) is 11.3 Å². The Kier molecular flexibility index (Phi) is 3.99. The van der Waals surface area contributed by atoms with Gasteiger partial charge in [-0.1, -0.05) is 18.2 Å². The molecule has 0 spiro atoms. The monoisotopic (exact) mass is 303 g/mol. The molecule has 2 aromatic heterocycles. The largest absolute Gasteiger partial charge is 0.258 e. The Hall–Kier alpha value is -2.48. The van der Waals surface area contributed by atoms with Crippen molar-refractivity contribution in [3.05, 3.63) is 71.0 Å². The Labute approximate surface area is 138 Å². The van der Waals surface area contributed by atoms with Crippen LogP contribution in [0.3, 0.4) is 0 Å². The molecule has 0 aliphatic heterocycles. The maximum atomic E-state index is 4.66. The van der Waals surface area contributed by atoms with Crippen molar-refractivity contribution in [1.29, 1.82) is 0 Å². The second kappa shape index (κ2) is 5.96. The van der Waals surface area contributed by atoms with Crippen molar-refractivity contribution in [2.24, 2.45) is 7.05 Å². The molecular weight excluding hydrogens is 280 g/mol. The fourth-order valence-electron chi connectivity index (χ4n) is 3.38. The highest BCUT2D eigenvalue weighted by Crippen LogP contribution is 2.27. The van der Waals surface area contributed by atoms with Crippen molar-refractivity contribution >= 4 is 0 Å². The number of rotatable bonds is 2. The number of hydrogen-bond donors (Lipinski definition) is 0. The van der Waals surface area contributed by atoms with Crippen molar-refractivity contribution in [2.45, 2.75) is 27.7 Å². The number of benzene rings is 1. The zero-order valence-corrected chi connectivity index (χ0v) is 14.5. The van der Waals surface area contributed by atoms with E-state index in [-0.39, 0.29) is 0 Å². The summed E-state index contributed by atoms with van der Waals surface area (Å²) in [5, 5.41) is 0. The smallest absolute Gasteiger partial charge is 0.214 e. The van der Waals surface area contributed by atoms with Gasteiger partial charge in [0.2, 0.25) is 11.4 Å². The lowest BCUT2D eigenvalue weighted by atomic mass is 10.00. The van der Waals surface area contributed by atoms with Crippen LogP contribution in [0.5, 0.6) is 0 Å². The molecule has 0 saturated carbocycles. The third kappa shape index (κ3) is 2.77. The average Bonchev–Trinajstić information content (AvgIpc) is 2.49. The third-order valence-electron chi connectivity index (χ3n) is 4.43. The normalized spacial score (nSPS) is 10.8. The van der Waals surface area contributed by atoms with Gasteiger partial charge in [-0.25, -0.2) is 0 Å². The number of pyridine rings is 2. The molecule has 2 nitrogen and oxygen atoms in total. The van der Waals surface area contributed by atoms with Crippen LogP contribution in [0, 0.1) is 27.7 Å². The molecule has 0 saturated heterocycles. The third-order valence-corrected chi connectivity index (χ3v) is 4.43. The predicted molar refractivity (Wildman–Crippen MR) is 95.2 cm³/mol. The Morgan fingerprint density at radius 2 is 1.48 bits per heavy atom. The summed E-state index contributed by atoms with van der Waals surface area (Å²) < 4.78 is 2.27. The molecule has 23 heavy (non-hydrogen) atoms. The molecule has 0 unspecified atom stereocenters. The molecule has 3 rings (SSSR count). The summed E-state index contributed by atoms with van der Waals surface area (Å²) in [5.74, 6) is 0. The molecule has 0 atom stereocenters. The topological polar surface area (TPSA) is 16.8 Å². The number of aryl methyl sites for hydroxylation is 4. The highest BCUT2D eigenvalue weighted by molar-refractivity contribution is 5.67. The molecule has 2 heterocycles. The van der Waals surface area contributed by atoms with Crippen LogP contribution in [0.15, 0.2) is 48.5 Å². The van der Waals surface area contributed by atoms with Crippen LogP contribution >= 0.6 is 0 Å². The van der Waals surface area contributed by atoms with E-state index >= 15 is 0 Å². The van der Waals surface area contributed by atoms with Crippen LogP contribution in [-0.4, -0.2) is 4.98 Å². The maximum absolute atomic E-state index is 4.66. The van der Waals surface area contributed by atoms with E-state index in [9.17, 15) is 0 Å². The Bertz CT molecular complexity index is 856. The van der Waals surface area contributed by atoms with Gasteiger partial charge < -0.3 is 0 Å². The minimum atomic E-state index is 1.07.